The number of carbonyl (C=O) groups excluding carboxylic acids is 1. The van der Waals surface area contributed by atoms with Crippen LogP contribution in [0.25, 0.3) is 0 Å². The van der Waals surface area contributed by atoms with E-state index in [1.807, 2.05) is 25.7 Å². The van der Waals surface area contributed by atoms with Gasteiger partial charge in [0.2, 0.25) is 0 Å². The van der Waals surface area contributed by atoms with E-state index in [1.165, 1.54) is 10.4 Å². The molecule has 1 aliphatic heterocycles. The zero-order valence-corrected chi connectivity index (χ0v) is 11.6. The van der Waals surface area contributed by atoms with Gasteiger partial charge in [0.05, 0.1) is 6.04 Å². The van der Waals surface area contributed by atoms with Crippen molar-refractivity contribution in [2.75, 3.05) is 6.54 Å². The van der Waals surface area contributed by atoms with Crippen LogP contribution in [0.5, 0.6) is 0 Å². The third-order valence-corrected chi connectivity index (χ3v) is 3.90. The molecule has 0 saturated carbocycles. The molecule has 0 N–H and O–H groups in total. The fraction of sp³-hybridized carbons (Fsp3) is 0.615. The SMILES string of the molecule is CC1c2ccsc2CCN1C(=O)OC(C)(C)C. The van der Waals surface area contributed by atoms with E-state index >= 15 is 0 Å². The molecular weight excluding hydrogens is 234 g/mol. The maximum absolute atomic E-state index is 12.1. The minimum atomic E-state index is -0.425. The van der Waals surface area contributed by atoms with Crippen LogP contribution in [0, 0.1) is 0 Å². The van der Waals surface area contributed by atoms with E-state index in [4.69, 9.17) is 4.74 Å². The molecule has 0 spiro atoms. The lowest BCUT2D eigenvalue weighted by molar-refractivity contribution is 0.0161. The van der Waals surface area contributed by atoms with E-state index in [2.05, 4.69) is 18.4 Å². The number of hydrogen-bond donors (Lipinski definition) is 0. The lowest BCUT2D eigenvalue weighted by Gasteiger charge is -2.34. The molecule has 2 rings (SSSR count). The highest BCUT2D eigenvalue weighted by Crippen LogP contribution is 2.33. The van der Waals surface area contributed by atoms with Gasteiger partial charge in [0, 0.05) is 11.4 Å². The lowest BCUT2D eigenvalue weighted by atomic mass is 10.0. The molecule has 0 saturated heterocycles. The van der Waals surface area contributed by atoms with Crippen molar-refractivity contribution in [1.29, 1.82) is 0 Å². The first-order valence-corrected chi connectivity index (χ1v) is 6.82. The van der Waals surface area contributed by atoms with Crippen molar-refractivity contribution in [3.8, 4) is 0 Å². The summed E-state index contributed by atoms with van der Waals surface area (Å²) in [6.07, 6.45) is 0.734. The van der Waals surface area contributed by atoms with E-state index < -0.39 is 5.60 Å². The smallest absolute Gasteiger partial charge is 0.410 e. The molecule has 1 aromatic rings. The van der Waals surface area contributed by atoms with Gasteiger partial charge in [-0.25, -0.2) is 4.79 Å². The molecule has 1 aliphatic rings. The third kappa shape index (κ3) is 2.63. The fourth-order valence-corrected chi connectivity index (χ4v) is 3.04. The zero-order valence-electron chi connectivity index (χ0n) is 10.8. The van der Waals surface area contributed by atoms with Crippen molar-refractivity contribution in [1.82, 2.24) is 4.90 Å². The van der Waals surface area contributed by atoms with Gasteiger partial charge in [-0.2, -0.15) is 0 Å². The highest BCUT2D eigenvalue weighted by Gasteiger charge is 2.31. The van der Waals surface area contributed by atoms with Crippen LogP contribution in [0.4, 0.5) is 4.79 Å². The number of amides is 1. The van der Waals surface area contributed by atoms with Gasteiger partial charge >= 0.3 is 6.09 Å². The Hall–Kier alpha value is -1.03. The maximum atomic E-state index is 12.1. The standard InChI is InChI=1S/C13H19NO2S/c1-9-10-6-8-17-11(10)5-7-14(9)12(15)16-13(2,3)4/h6,8-9H,5,7H2,1-4H3. The molecular formula is C13H19NO2S. The number of fused-ring (bicyclic) bond motifs is 1. The van der Waals surface area contributed by atoms with Gasteiger partial charge in [-0.1, -0.05) is 0 Å². The van der Waals surface area contributed by atoms with Crippen LogP contribution in [0.3, 0.4) is 0 Å². The Morgan fingerprint density at radius 2 is 2.24 bits per heavy atom. The maximum Gasteiger partial charge on any atom is 0.410 e. The Balaban J connectivity index is 2.12. The van der Waals surface area contributed by atoms with Crippen LogP contribution in [0.2, 0.25) is 0 Å². The first kappa shape index (κ1) is 12.4. The summed E-state index contributed by atoms with van der Waals surface area (Å²) >= 11 is 1.78. The van der Waals surface area contributed by atoms with Crippen molar-refractivity contribution in [3.63, 3.8) is 0 Å². The highest BCUT2D eigenvalue weighted by atomic mass is 32.1. The molecule has 4 heteroatoms. The number of rotatable bonds is 0. The van der Waals surface area contributed by atoms with E-state index in [-0.39, 0.29) is 12.1 Å². The molecule has 94 valence electrons. The summed E-state index contributed by atoms with van der Waals surface area (Å²) in [6, 6.07) is 2.24. The molecule has 3 nitrogen and oxygen atoms in total. The largest absolute Gasteiger partial charge is 0.444 e. The topological polar surface area (TPSA) is 29.5 Å². The van der Waals surface area contributed by atoms with Crippen LogP contribution < -0.4 is 0 Å². The molecule has 0 bridgehead atoms. The number of ether oxygens (including phenoxy) is 1. The summed E-state index contributed by atoms with van der Waals surface area (Å²) in [5.74, 6) is 0. The first-order chi connectivity index (χ1) is 7.88. The van der Waals surface area contributed by atoms with Crippen molar-refractivity contribution in [2.45, 2.75) is 45.8 Å². The van der Waals surface area contributed by atoms with Crippen molar-refractivity contribution in [3.05, 3.63) is 21.9 Å². The minimum Gasteiger partial charge on any atom is -0.444 e. The van der Waals surface area contributed by atoms with Gasteiger partial charge < -0.3 is 9.64 Å². The fourth-order valence-electron chi connectivity index (χ4n) is 2.08. The molecule has 2 heterocycles. The van der Waals surface area contributed by atoms with Crippen molar-refractivity contribution in [2.24, 2.45) is 0 Å². The Kier molecular flexibility index (Phi) is 3.17. The Morgan fingerprint density at radius 1 is 1.53 bits per heavy atom. The van der Waals surface area contributed by atoms with Gasteiger partial charge in [0.15, 0.2) is 0 Å². The van der Waals surface area contributed by atoms with E-state index in [9.17, 15) is 4.79 Å². The lowest BCUT2D eigenvalue weighted by Crippen LogP contribution is -2.41. The predicted octanol–water partition coefficient (Wildman–Crippen LogP) is 3.60. The molecule has 1 unspecified atom stereocenters. The monoisotopic (exact) mass is 253 g/mol. The Morgan fingerprint density at radius 3 is 2.88 bits per heavy atom. The summed E-state index contributed by atoms with van der Waals surface area (Å²) in [7, 11) is 0. The summed E-state index contributed by atoms with van der Waals surface area (Å²) in [6.45, 7) is 8.51. The number of carbonyl (C=O) groups is 1. The van der Waals surface area contributed by atoms with Crippen LogP contribution in [0.15, 0.2) is 11.4 Å². The second-order valence-corrected chi connectivity index (χ2v) is 6.40. The minimum absolute atomic E-state index is 0.125. The van der Waals surface area contributed by atoms with E-state index in [0.29, 0.717) is 0 Å². The van der Waals surface area contributed by atoms with E-state index in [1.54, 1.807) is 11.3 Å². The van der Waals surface area contributed by atoms with Crippen LogP contribution >= 0.6 is 11.3 Å². The second kappa shape index (κ2) is 4.33. The molecule has 0 fully saturated rings. The summed E-state index contributed by atoms with van der Waals surface area (Å²) in [4.78, 5) is 15.3. The molecule has 0 radical (unpaired) electrons. The molecule has 1 aromatic heterocycles. The van der Waals surface area contributed by atoms with Gasteiger partial charge in [-0.3, -0.25) is 0 Å². The summed E-state index contributed by atoms with van der Waals surface area (Å²) < 4.78 is 5.43. The second-order valence-electron chi connectivity index (χ2n) is 5.40. The summed E-state index contributed by atoms with van der Waals surface area (Å²) in [5.41, 5.74) is 0.846. The van der Waals surface area contributed by atoms with Gasteiger partial charge in [0.1, 0.15) is 5.60 Å². The molecule has 1 amide bonds. The quantitative estimate of drug-likeness (QED) is 0.707. The number of nitrogens with zero attached hydrogens (tertiary/aromatic N) is 1. The van der Waals surface area contributed by atoms with Crippen molar-refractivity contribution < 1.29 is 9.53 Å². The number of hydrogen-bond acceptors (Lipinski definition) is 3. The first-order valence-electron chi connectivity index (χ1n) is 5.94. The Labute approximate surface area is 106 Å². The average molecular weight is 253 g/mol. The van der Waals surface area contributed by atoms with Gasteiger partial charge in [0.25, 0.3) is 0 Å². The van der Waals surface area contributed by atoms with Crippen LogP contribution in [-0.2, 0) is 11.2 Å². The zero-order chi connectivity index (χ0) is 12.6. The molecule has 0 aliphatic carbocycles. The van der Waals surface area contributed by atoms with Crippen molar-refractivity contribution >= 4 is 17.4 Å². The molecule has 0 aromatic carbocycles. The Bertz CT molecular complexity index is 419. The van der Waals surface area contributed by atoms with Crippen LogP contribution in [-0.4, -0.2) is 23.1 Å². The summed E-state index contributed by atoms with van der Waals surface area (Å²) in [5, 5.41) is 2.10. The van der Waals surface area contributed by atoms with Crippen LogP contribution in [0.1, 0.15) is 44.2 Å². The normalized spacial score (nSPS) is 20.0. The predicted molar refractivity (Wildman–Crippen MR) is 69.4 cm³/mol. The highest BCUT2D eigenvalue weighted by molar-refractivity contribution is 7.10. The molecule has 1 atom stereocenters. The molecule has 17 heavy (non-hydrogen) atoms. The van der Waals surface area contributed by atoms with Gasteiger partial charge in [-0.15, -0.1) is 11.3 Å². The number of thiophene rings is 1. The average Bonchev–Trinajstić information content (AvgIpc) is 2.63. The third-order valence-electron chi connectivity index (χ3n) is 2.91. The van der Waals surface area contributed by atoms with E-state index in [0.717, 1.165) is 13.0 Å². The van der Waals surface area contributed by atoms with Gasteiger partial charge in [-0.05, 0) is 51.1 Å².